The predicted molar refractivity (Wildman–Crippen MR) is 71.1 cm³/mol. The smallest absolute Gasteiger partial charge is 0.328 e. The Balaban J connectivity index is 2.45. The van der Waals surface area contributed by atoms with Crippen molar-refractivity contribution in [3.63, 3.8) is 0 Å². The first-order chi connectivity index (χ1) is 9.02. The van der Waals surface area contributed by atoms with Crippen molar-refractivity contribution in [3.05, 3.63) is 61.1 Å². The van der Waals surface area contributed by atoms with Crippen LogP contribution in [0, 0.1) is 5.82 Å². The number of methoxy groups -OCH3 is 1. The SMILES string of the molecule is COc1cccc(Cn2cc(Br)c(=O)[nH]c2=O)c1F. The predicted octanol–water partition coefficient (Wildman–Crippen LogP) is 1.50. The van der Waals surface area contributed by atoms with E-state index in [0.29, 0.717) is 5.56 Å². The molecule has 7 heteroatoms. The molecule has 2 rings (SSSR count). The van der Waals surface area contributed by atoms with Crippen molar-refractivity contribution in [2.45, 2.75) is 6.54 Å². The van der Waals surface area contributed by atoms with Gasteiger partial charge in [-0.2, -0.15) is 0 Å². The van der Waals surface area contributed by atoms with Gasteiger partial charge < -0.3 is 4.74 Å². The number of aromatic amines is 1. The fourth-order valence-corrected chi connectivity index (χ4v) is 1.97. The first kappa shape index (κ1) is 13.5. The Morgan fingerprint density at radius 3 is 2.84 bits per heavy atom. The van der Waals surface area contributed by atoms with E-state index in [-0.39, 0.29) is 16.8 Å². The minimum absolute atomic E-state index is 0.00273. The summed E-state index contributed by atoms with van der Waals surface area (Å²) >= 11 is 3.02. The van der Waals surface area contributed by atoms with Crippen LogP contribution < -0.4 is 16.0 Å². The van der Waals surface area contributed by atoms with Crippen LogP contribution in [0.25, 0.3) is 0 Å². The molecule has 0 aliphatic carbocycles. The van der Waals surface area contributed by atoms with E-state index in [1.54, 1.807) is 12.1 Å². The number of benzene rings is 1. The molecule has 0 fully saturated rings. The van der Waals surface area contributed by atoms with Crippen molar-refractivity contribution < 1.29 is 9.13 Å². The quantitative estimate of drug-likeness (QED) is 0.928. The van der Waals surface area contributed by atoms with E-state index in [1.165, 1.54) is 23.9 Å². The summed E-state index contributed by atoms with van der Waals surface area (Å²) in [5.41, 5.74) is -0.830. The second kappa shape index (κ2) is 5.40. The first-order valence-electron chi connectivity index (χ1n) is 5.33. The number of rotatable bonds is 3. The summed E-state index contributed by atoms with van der Waals surface area (Å²) in [5.74, 6) is -0.423. The van der Waals surface area contributed by atoms with Gasteiger partial charge in [-0.25, -0.2) is 9.18 Å². The molecule has 0 amide bonds. The number of hydrogen-bond donors (Lipinski definition) is 1. The Bertz CT molecular complexity index is 724. The lowest BCUT2D eigenvalue weighted by atomic mass is 10.2. The largest absolute Gasteiger partial charge is 0.494 e. The second-order valence-electron chi connectivity index (χ2n) is 3.80. The molecule has 0 radical (unpaired) electrons. The third kappa shape index (κ3) is 2.76. The van der Waals surface area contributed by atoms with E-state index in [9.17, 15) is 14.0 Å². The molecule has 1 aromatic heterocycles. The summed E-state index contributed by atoms with van der Waals surface area (Å²) in [7, 11) is 1.37. The summed E-state index contributed by atoms with van der Waals surface area (Å²) in [4.78, 5) is 24.9. The number of ether oxygens (including phenoxy) is 1. The van der Waals surface area contributed by atoms with Gasteiger partial charge in [0.05, 0.1) is 18.1 Å². The lowest BCUT2D eigenvalue weighted by molar-refractivity contribution is 0.383. The third-order valence-electron chi connectivity index (χ3n) is 2.57. The monoisotopic (exact) mass is 328 g/mol. The molecule has 1 aromatic carbocycles. The van der Waals surface area contributed by atoms with Crippen LogP contribution in [0.5, 0.6) is 5.75 Å². The molecule has 1 N–H and O–H groups in total. The second-order valence-corrected chi connectivity index (χ2v) is 4.65. The number of nitrogens with zero attached hydrogens (tertiary/aromatic N) is 1. The van der Waals surface area contributed by atoms with Crippen molar-refractivity contribution in [2.75, 3.05) is 7.11 Å². The Kier molecular flexibility index (Phi) is 3.84. The molecule has 19 heavy (non-hydrogen) atoms. The standard InChI is InChI=1S/C12H10BrFN2O3/c1-19-9-4-2-3-7(10(9)14)5-16-6-8(13)11(17)15-12(16)18/h2-4,6H,5H2,1H3,(H,15,17,18). The highest BCUT2D eigenvalue weighted by Gasteiger charge is 2.10. The molecule has 5 nitrogen and oxygen atoms in total. The number of H-pyrrole nitrogens is 1. The van der Waals surface area contributed by atoms with Gasteiger partial charge in [0.1, 0.15) is 0 Å². The van der Waals surface area contributed by atoms with Gasteiger partial charge in [-0.3, -0.25) is 14.3 Å². The molecule has 1 heterocycles. The van der Waals surface area contributed by atoms with Crippen LogP contribution in [0.3, 0.4) is 0 Å². The van der Waals surface area contributed by atoms with Crippen molar-refractivity contribution >= 4 is 15.9 Å². The van der Waals surface area contributed by atoms with Gasteiger partial charge >= 0.3 is 5.69 Å². The summed E-state index contributed by atoms with van der Waals surface area (Å²) < 4.78 is 20.2. The van der Waals surface area contributed by atoms with Crippen molar-refractivity contribution in [1.82, 2.24) is 9.55 Å². The highest BCUT2D eigenvalue weighted by molar-refractivity contribution is 9.10. The van der Waals surface area contributed by atoms with E-state index >= 15 is 0 Å². The van der Waals surface area contributed by atoms with E-state index < -0.39 is 17.1 Å². The molecule has 0 unspecified atom stereocenters. The normalized spacial score (nSPS) is 10.5. The maximum Gasteiger partial charge on any atom is 0.328 e. The fourth-order valence-electron chi connectivity index (χ4n) is 1.62. The van der Waals surface area contributed by atoms with E-state index in [4.69, 9.17) is 4.74 Å². The van der Waals surface area contributed by atoms with Crippen molar-refractivity contribution in [2.24, 2.45) is 0 Å². The molecule has 0 saturated heterocycles. The zero-order valence-electron chi connectivity index (χ0n) is 9.94. The summed E-state index contributed by atoms with van der Waals surface area (Å²) in [6.45, 7) is -0.00273. The number of hydrogen-bond acceptors (Lipinski definition) is 3. The fraction of sp³-hybridized carbons (Fsp3) is 0.167. The molecular formula is C12H10BrFN2O3. The van der Waals surface area contributed by atoms with Crippen LogP contribution >= 0.6 is 15.9 Å². The Morgan fingerprint density at radius 1 is 1.42 bits per heavy atom. The van der Waals surface area contributed by atoms with Gasteiger partial charge in [0.25, 0.3) is 5.56 Å². The molecule has 0 spiro atoms. The van der Waals surface area contributed by atoms with Crippen LogP contribution in [0.2, 0.25) is 0 Å². The highest BCUT2D eigenvalue weighted by Crippen LogP contribution is 2.20. The van der Waals surface area contributed by atoms with Crippen LogP contribution in [-0.4, -0.2) is 16.7 Å². The minimum atomic E-state index is -0.601. The van der Waals surface area contributed by atoms with Crippen molar-refractivity contribution in [3.8, 4) is 5.75 Å². The maximum atomic E-state index is 13.9. The van der Waals surface area contributed by atoms with Gasteiger partial charge in [-0.15, -0.1) is 0 Å². The average molecular weight is 329 g/mol. The average Bonchev–Trinajstić information content (AvgIpc) is 2.38. The lowest BCUT2D eigenvalue weighted by Crippen LogP contribution is -2.30. The molecule has 100 valence electrons. The summed E-state index contributed by atoms with van der Waals surface area (Å²) in [6, 6.07) is 4.66. The highest BCUT2D eigenvalue weighted by atomic mass is 79.9. The molecule has 2 aromatic rings. The van der Waals surface area contributed by atoms with Crippen LogP contribution in [-0.2, 0) is 6.54 Å². The minimum Gasteiger partial charge on any atom is -0.494 e. The number of halogens is 2. The zero-order chi connectivity index (χ0) is 14.0. The first-order valence-corrected chi connectivity index (χ1v) is 6.13. The molecule has 0 aliphatic rings. The Hall–Kier alpha value is -1.89. The third-order valence-corrected chi connectivity index (χ3v) is 3.14. The van der Waals surface area contributed by atoms with Crippen molar-refractivity contribution in [1.29, 1.82) is 0 Å². The molecule has 0 aliphatic heterocycles. The van der Waals surface area contributed by atoms with E-state index in [1.807, 2.05) is 0 Å². The molecule has 0 saturated carbocycles. The molecule has 0 bridgehead atoms. The number of nitrogens with one attached hydrogen (secondary N) is 1. The lowest BCUT2D eigenvalue weighted by Gasteiger charge is -2.09. The van der Waals surface area contributed by atoms with E-state index in [2.05, 4.69) is 20.9 Å². The number of aromatic nitrogens is 2. The summed E-state index contributed by atoms with van der Waals surface area (Å²) in [6.07, 6.45) is 1.32. The Morgan fingerprint density at radius 2 is 2.16 bits per heavy atom. The Labute approximate surface area is 115 Å². The molecule has 0 atom stereocenters. The maximum absolute atomic E-state index is 13.9. The summed E-state index contributed by atoms with van der Waals surface area (Å²) in [5, 5.41) is 0. The van der Waals surface area contributed by atoms with Crippen LogP contribution in [0.1, 0.15) is 5.56 Å². The van der Waals surface area contributed by atoms with E-state index in [0.717, 1.165) is 0 Å². The zero-order valence-corrected chi connectivity index (χ0v) is 11.5. The van der Waals surface area contributed by atoms with Gasteiger partial charge in [-0.05, 0) is 22.0 Å². The van der Waals surface area contributed by atoms with Crippen LogP contribution in [0.4, 0.5) is 4.39 Å². The van der Waals surface area contributed by atoms with Gasteiger partial charge in [0.2, 0.25) is 0 Å². The van der Waals surface area contributed by atoms with Gasteiger partial charge in [0.15, 0.2) is 11.6 Å². The van der Waals surface area contributed by atoms with Crippen LogP contribution in [0.15, 0.2) is 38.5 Å². The van der Waals surface area contributed by atoms with Gasteiger partial charge in [0, 0.05) is 11.8 Å². The molecular weight excluding hydrogens is 319 g/mol. The topological polar surface area (TPSA) is 64.1 Å². The van der Waals surface area contributed by atoms with Gasteiger partial charge in [-0.1, -0.05) is 12.1 Å².